The van der Waals surface area contributed by atoms with Crippen LogP contribution in [0.25, 0.3) is 10.8 Å². The Morgan fingerprint density at radius 2 is 1.41 bits per heavy atom. The van der Waals surface area contributed by atoms with Crippen molar-refractivity contribution in [3.05, 3.63) is 101 Å². The van der Waals surface area contributed by atoms with Crippen molar-refractivity contribution in [2.24, 2.45) is 0 Å². The van der Waals surface area contributed by atoms with Crippen LogP contribution in [0.15, 0.2) is 78.9 Å². The molecule has 3 aromatic carbocycles. The first-order chi connectivity index (χ1) is 13.3. The van der Waals surface area contributed by atoms with E-state index in [1.54, 1.807) is 0 Å². The van der Waals surface area contributed by atoms with Gasteiger partial charge < -0.3 is 5.32 Å². The number of halogens is 1. The van der Waals surface area contributed by atoms with Gasteiger partial charge in [-0.1, -0.05) is 84.4 Å². The van der Waals surface area contributed by atoms with Crippen molar-refractivity contribution in [2.45, 2.75) is 19.4 Å². The van der Waals surface area contributed by atoms with Crippen LogP contribution < -0.4 is 5.32 Å². The Morgan fingerprint density at radius 3 is 2.22 bits per heavy atom. The van der Waals surface area contributed by atoms with Crippen LogP contribution in [0.3, 0.4) is 0 Å². The molecule has 4 aromatic rings. The third-order valence-corrected chi connectivity index (χ3v) is 5.02. The van der Waals surface area contributed by atoms with Crippen LogP contribution >= 0.6 is 11.6 Å². The molecule has 0 saturated heterocycles. The van der Waals surface area contributed by atoms with Gasteiger partial charge in [0, 0.05) is 22.3 Å². The first-order valence-electron chi connectivity index (χ1n) is 9.07. The summed E-state index contributed by atoms with van der Waals surface area (Å²) in [7, 11) is 0. The van der Waals surface area contributed by atoms with Crippen molar-refractivity contribution >= 4 is 28.2 Å². The predicted octanol–water partition coefficient (Wildman–Crippen LogP) is 5.68. The summed E-state index contributed by atoms with van der Waals surface area (Å²) in [5.74, 6) is 0.816. The van der Waals surface area contributed by atoms with Gasteiger partial charge in [-0.05, 0) is 30.0 Å². The van der Waals surface area contributed by atoms with Crippen LogP contribution in [0, 0.1) is 0 Å². The molecule has 0 aliphatic carbocycles. The Morgan fingerprint density at radius 1 is 0.704 bits per heavy atom. The lowest BCUT2D eigenvalue weighted by atomic mass is 10.0. The molecule has 0 saturated carbocycles. The zero-order chi connectivity index (χ0) is 18.5. The molecule has 134 valence electrons. The molecule has 1 aromatic heterocycles. The molecule has 4 rings (SSSR count). The van der Waals surface area contributed by atoms with Gasteiger partial charge in [0.25, 0.3) is 0 Å². The summed E-state index contributed by atoms with van der Waals surface area (Å²) in [6, 6.07) is 26.5. The molecule has 0 fully saturated rings. The number of benzene rings is 3. The third kappa shape index (κ3) is 4.09. The molecule has 1 heterocycles. The van der Waals surface area contributed by atoms with E-state index in [9.17, 15) is 0 Å². The molecule has 0 bridgehead atoms. The maximum Gasteiger partial charge on any atom is 0.156 e. The average Bonchev–Trinajstić information content (AvgIpc) is 2.73. The first-order valence-corrected chi connectivity index (χ1v) is 9.44. The molecule has 3 nitrogen and oxygen atoms in total. The lowest BCUT2D eigenvalue weighted by Gasteiger charge is -2.11. The highest BCUT2D eigenvalue weighted by Crippen LogP contribution is 2.25. The smallest absolute Gasteiger partial charge is 0.156 e. The zero-order valence-electron chi connectivity index (χ0n) is 14.9. The molecule has 0 atom stereocenters. The van der Waals surface area contributed by atoms with Crippen LogP contribution in [0.2, 0.25) is 5.02 Å². The van der Waals surface area contributed by atoms with Crippen molar-refractivity contribution in [1.82, 2.24) is 10.2 Å². The minimum atomic E-state index is 0.721. The summed E-state index contributed by atoms with van der Waals surface area (Å²) in [6.45, 7) is 0.721. The van der Waals surface area contributed by atoms with E-state index in [1.165, 1.54) is 5.56 Å². The monoisotopic (exact) mass is 373 g/mol. The van der Waals surface area contributed by atoms with E-state index in [0.717, 1.165) is 52.3 Å². The number of hydrogen-bond acceptors (Lipinski definition) is 3. The van der Waals surface area contributed by atoms with E-state index in [1.807, 2.05) is 48.5 Å². The third-order valence-electron chi connectivity index (χ3n) is 4.66. The standard InChI is InChI=1S/C23H20ClN3/c24-21-13-7-4-10-18(21)14-15-22-19-11-5-6-12-20(19)23(27-26-22)25-16-17-8-2-1-3-9-17/h1-13H,14-16H2,(H,25,27). The van der Waals surface area contributed by atoms with E-state index in [4.69, 9.17) is 11.6 Å². The maximum atomic E-state index is 6.29. The van der Waals surface area contributed by atoms with Gasteiger partial charge in [0.05, 0.1) is 5.69 Å². The highest BCUT2D eigenvalue weighted by atomic mass is 35.5. The predicted molar refractivity (Wildman–Crippen MR) is 112 cm³/mol. The fraction of sp³-hybridized carbons (Fsp3) is 0.130. The average molecular weight is 374 g/mol. The van der Waals surface area contributed by atoms with Crippen molar-refractivity contribution in [2.75, 3.05) is 5.32 Å². The van der Waals surface area contributed by atoms with Crippen LogP contribution in [-0.2, 0) is 19.4 Å². The number of rotatable bonds is 6. The Labute approximate surface area is 164 Å². The molecule has 27 heavy (non-hydrogen) atoms. The summed E-state index contributed by atoms with van der Waals surface area (Å²) in [5.41, 5.74) is 3.35. The minimum Gasteiger partial charge on any atom is -0.364 e. The van der Waals surface area contributed by atoms with E-state index >= 15 is 0 Å². The molecule has 0 amide bonds. The van der Waals surface area contributed by atoms with Crippen molar-refractivity contribution in [3.8, 4) is 0 Å². The quantitative estimate of drug-likeness (QED) is 0.472. The molecule has 4 heteroatoms. The molecular weight excluding hydrogens is 354 g/mol. The molecule has 1 N–H and O–H groups in total. The highest BCUT2D eigenvalue weighted by Gasteiger charge is 2.10. The summed E-state index contributed by atoms with van der Waals surface area (Å²) >= 11 is 6.29. The number of aromatic nitrogens is 2. The summed E-state index contributed by atoms with van der Waals surface area (Å²) < 4.78 is 0. The van der Waals surface area contributed by atoms with Crippen LogP contribution in [-0.4, -0.2) is 10.2 Å². The van der Waals surface area contributed by atoms with Crippen LogP contribution in [0.1, 0.15) is 16.8 Å². The van der Waals surface area contributed by atoms with E-state index in [-0.39, 0.29) is 0 Å². The zero-order valence-corrected chi connectivity index (χ0v) is 15.7. The first kappa shape index (κ1) is 17.5. The number of hydrogen-bond donors (Lipinski definition) is 1. The molecule has 0 aliphatic heterocycles. The van der Waals surface area contributed by atoms with E-state index in [0.29, 0.717) is 0 Å². The van der Waals surface area contributed by atoms with Crippen molar-refractivity contribution in [1.29, 1.82) is 0 Å². The minimum absolute atomic E-state index is 0.721. The van der Waals surface area contributed by atoms with Gasteiger partial charge >= 0.3 is 0 Å². The molecule has 0 aliphatic rings. The SMILES string of the molecule is Clc1ccccc1CCc1nnc(NCc2ccccc2)c2ccccc12. The fourth-order valence-electron chi connectivity index (χ4n) is 3.21. The summed E-state index contributed by atoms with van der Waals surface area (Å²) in [6.07, 6.45) is 1.64. The van der Waals surface area contributed by atoms with Gasteiger partial charge in [0.2, 0.25) is 0 Å². The van der Waals surface area contributed by atoms with Crippen LogP contribution in [0.5, 0.6) is 0 Å². The van der Waals surface area contributed by atoms with Gasteiger partial charge in [0.1, 0.15) is 0 Å². The molecule has 0 radical (unpaired) electrons. The van der Waals surface area contributed by atoms with Gasteiger partial charge in [-0.3, -0.25) is 0 Å². The van der Waals surface area contributed by atoms with Crippen molar-refractivity contribution in [3.63, 3.8) is 0 Å². The Bertz CT molecular complexity index is 1050. The normalized spacial score (nSPS) is 10.9. The Balaban J connectivity index is 1.57. The number of fused-ring (bicyclic) bond motifs is 1. The molecule has 0 unspecified atom stereocenters. The second-order valence-corrected chi connectivity index (χ2v) is 6.88. The van der Waals surface area contributed by atoms with Crippen molar-refractivity contribution < 1.29 is 0 Å². The number of aryl methyl sites for hydroxylation is 2. The lowest BCUT2D eigenvalue weighted by Crippen LogP contribution is -2.06. The Kier molecular flexibility index (Phi) is 5.31. The largest absolute Gasteiger partial charge is 0.364 e. The second kappa shape index (κ2) is 8.19. The molecular formula is C23H20ClN3. The van der Waals surface area contributed by atoms with Gasteiger partial charge in [-0.15, -0.1) is 5.10 Å². The van der Waals surface area contributed by atoms with Gasteiger partial charge in [0.15, 0.2) is 5.82 Å². The highest BCUT2D eigenvalue weighted by molar-refractivity contribution is 6.31. The summed E-state index contributed by atoms with van der Waals surface area (Å²) in [5, 5.41) is 15.4. The fourth-order valence-corrected chi connectivity index (χ4v) is 3.44. The summed E-state index contributed by atoms with van der Waals surface area (Å²) in [4.78, 5) is 0. The maximum absolute atomic E-state index is 6.29. The lowest BCUT2D eigenvalue weighted by molar-refractivity contribution is 0.873. The van der Waals surface area contributed by atoms with Crippen LogP contribution in [0.4, 0.5) is 5.82 Å². The number of nitrogens with one attached hydrogen (secondary N) is 1. The number of anilines is 1. The topological polar surface area (TPSA) is 37.8 Å². The van der Waals surface area contributed by atoms with Gasteiger partial charge in [-0.2, -0.15) is 5.10 Å². The molecule has 0 spiro atoms. The van der Waals surface area contributed by atoms with Gasteiger partial charge in [-0.25, -0.2) is 0 Å². The van der Waals surface area contributed by atoms with E-state index in [2.05, 4.69) is 45.8 Å². The Hall–Kier alpha value is -2.91. The van der Waals surface area contributed by atoms with E-state index < -0.39 is 0 Å². The number of nitrogens with zero attached hydrogens (tertiary/aromatic N) is 2. The second-order valence-electron chi connectivity index (χ2n) is 6.47.